The maximum atomic E-state index is 10.5. The lowest BCUT2D eigenvalue weighted by Crippen LogP contribution is -2.13. The summed E-state index contributed by atoms with van der Waals surface area (Å²) in [5.74, 6) is 0.442. The van der Waals surface area contributed by atoms with Gasteiger partial charge >= 0.3 is 0 Å². The van der Waals surface area contributed by atoms with Crippen molar-refractivity contribution in [2.45, 2.75) is 0 Å². The normalized spacial score (nSPS) is 9.73. The van der Waals surface area contributed by atoms with E-state index in [0.717, 1.165) is 0 Å². The third kappa shape index (κ3) is 2.81. The van der Waals surface area contributed by atoms with Crippen molar-refractivity contribution >= 4 is 11.4 Å². The first-order chi connectivity index (χ1) is 7.19. The van der Waals surface area contributed by atoms with E-state index in [-0.39, 0.29) is 5.69 Å². The summed E-state index contributed by atoms with van der Waals surface area (Å²) in [6.45, 7) is 1.08. The zero-order valence-corrected chi connectivity index (χ0v) is 8.40. The molecule has 15 heavy (non-hydrogen) atoms. The molecule has 0 spiro atoms. The number of nitrogens with one attached hydrogen (secondary N) is 1. The molecule has 82 valence electrons. The van der Waals surface area contributed by atoms with E-state index in [1.54, 1.807) is 6.07 Å². The quantitative estimate of drug-likeness (QED) is 0.559. The molecule has 6 heteroatoms. The summed E-state index contributed by atoms with van der Waals surface area (Å²) in [5, 5.41) is 13.5. The molecule has 0 atom stereocenters. The Morgan fingerprint density at radius 2 is 2.33 bits per heavy atom. The van der Waals surface area contributed by atoms with Crippen molar-refractivity contribution in [2.24, 2.45) is 5.73 Å². The van der Waals surface area contributed by atoms with Gasteiger partial charge in [0.25, 0.3) is 5.69 Å². The van der Waals surface area contributed by atoms with Crippen molar-refractivity contribution in [3.8, 4) is 5.75 Å². The minimum atomic E-state index is -0.463. The van der Waals surface area contributed by atoms with Crippen LogP contribution in [-0.4, -0.2) is 25.1 Å². The van der Waals surface area contributed by atoms with Crippen molar-refractivity contribution in [3.63, 3.8) is 0 Å². The maximum absolute atomic E-state index is 10.5. The smallest absolute Gasteiger partial charge is 0.273 e. The zero-order valence-electron chi connectivity index (χ0n) is 8.40. The minimum Gasteiger partial charge on any atom is -0.494 e. The second-order valence-corrected chi connectivity index (χ2v) is 2.86. The van der Waals surface area contributed by atoms with Gasteiger partial charge < -0.3 is 15.8 Å². The molecule has 0 fully saturated rings. The summed E-state index contributed by atoms with van der Waals surface area (Å²) >= 11 is 0. The number of nitrogens with two attached hydrogens (primary N) is 1. The number of hydrogen-bond donors (Lipinski definition) is 2. The largest absolute Gasteiger partial charge is 0.494 e. The molecule has 6 nitrogen and oxygen atoms in total. The van der Waals surface area contributed by atoms with Crippen molar-refractivity contribution in [2.75, 3.05) is 25.5 Å². The SMILES string of the molecule is COc1cc([N+](=O)[O-])ccc1NCCN. The lowest BCUT2D eigenvalue weighted by Gasteiger charge is -2.09. The fourth-order valence-corrected chi connectivity index (χ4v) is 1.15. The molecule has 0 saturated carbocycles. The van der Waals surface area contributed by atoms with Crippen LogP contribution in [0.2, 0.25) is 0 Å². The maximum Gasteiger partial charge on any atom is 0.273 e. The highest BCUT2D eigenvalue weighted by atomic mass is 16.6. The third-order valence-electron chi connectivity index (χ3n) is 1.86. The van der Waals surface area contributed by atoms with E-state index in [9.17, 15) is 10.1 Å². The molecule has 0 heterocycles. The van der Waals surface area contributed by atoms with Gasteiger partial charge in [-0.15, -0.1) is 0 Å². The highest BCUT2D eigenvalue weighted by molar-refractivity contribution is 5.60. The number of ether oxygens (including phenoxy) is 1. The molecule has 0 saturated heterocycles. The second-order valence-electron chi connectivity index (χ2n) is 2.86. The first kappa shape index (κ1) is 11.3. The van der Waals surface area contributed by atoms with Gasteiger partial charge in [-0.3, -0.25) is 10.1 Å². The molecular formula is C9H13N3O3. The van der Waals surface area contributed by atoms with Gasteiger partial charge in [0.05, 0.1) is 23.8 Å². The average Bonchev–Trinajstić information content (AvgIpc) is 2.25. The van der Waals surface area contributed by atoms with E-state index in [1.807, 2.05) is 0 Å². The number of benzene rings is 1. The van der Waals surface area contributed by atoms with E-state index in [2.05, 4.69) is 5.32 Å². The lowest BCUT2D eigenvalue weighted by molar-refractivity contribution is -0.384. The zero-order chi connectivity index (χ0) is 11.3. The molecule has 0 aromatic heterocycles. The molecule has 1 rings (SSSR count). The average molecular weight is 211 g/mol. The number of non-ortho nitro benzene ring substituents is 1. The molecule has 1 aromatic rings. The Bertz CT molecular complexity index is 354. The minimum absolute atomic E-state index is 0.00477. The predicted octanol–water partition coefficient (Wildman–Crippen LogP) is 0.974. The van der Waals surface area contributed by atoms with Gasteiger partial charge in [-0.2, -0.15) is 0 Å². The predicted molar refractivity (Wildman–Crippen MR) is 57.2 cm³/mol. The van der Waals surface area contributed by atoms with Crippen LogP contribution in [0.25, 0.3) is 0 Å². The Morgan fingerprint density at radius 3 is 2.87 bits per heavy atom. The highest BCUT2D eigenvalue weighted by Gasteiger charge is 2.10. The van der Waals surface area contributed by atoms with Crippen LogP contribution >= 0.6 is 0 Å². The molecule has 1 aromatic carbocycles. The molecular weight excluding hydrogens is 198 g/mol. The first-order valence-corrected chi connectivity index (χ1v) is 4.45. The van der Waals surface area contributed by atoms with Gasteiger partial charge in [-0.05, 0) is 6.07 Å². The summed E-state index contributed by atoms with van der Waals surface area (Å²) in [7, 11) is 1.46. The molecule has 3 N–H and O–H groups in total. The second kappa shape index (κ2) is 5.16. The fraction of sp³-hybridized carbons (Fsp3) is 0.333. The van der Waals surface area contributed by atoms with Crippen LogP contribution in [0.4, 0.5) is 11.4 Å². The molecule has 0 unspecified atom stereocenters. The highest BCUT2D eigenvalue weighted by Crippen LogP contribution is 2.28. The molecule has 0 aliphatic heterocycles. The van der Waals surface area contributed by atoms with Crippen LogP contribution in [-0.2, 0) is 0 Å². The number of anilines is 1. The van der Waals surface area contributed by atoms with E-state index in [1.165, 1.54) is 19.2 Å². The van der Waals surface area contributed by atoms with Crippen LogP contribution in [0.15, 0.2) is 18.2 Å². The first-order valence-electron chi connectivity index (χ1n) is 4.45. The molecule has 0 radical (unpaired) electrons. The van der Waals surface area contributed by atoms with Gasteiger partial charge in [0.15, 0.2) is 0 Å². The Balaban J connectivity index is 2.93. The van der Waals surface area contributed by atoms with Gasteiger partial charge in [-0.1, -0.05) is 0 Å². The fourth-order valence-electron chi connectivity index (χ4n) is 1.15. The van der Waals surface area contributed by atoms with Gasteiger partial charge in [0, 0.05) is 19.2 Å². The number of rotatable bonds is 5. The Kier molecular flexibility index (Phi) is 3.87. The van der Waals surface area contributed by atoms with Gasteiger partial charge in [-0.25, -0.2) is 0 Å². The van der Waals surface area contributed by atoms with Crippen LogP contribution in [0.1, 0.15) is 0 Å². The number of methoxy groups -OCH3 is 1. The lowest BCUT2D eigenvalue weighted by atomic mass is 10.2. The third-order valence-corrected chi connectivity index (χ3v) is 1.86. The summed E-state index contributed by atoms with van der Waals surface area (Å²) in [6.07, 6.45) is 0. The number of nitrogens with zero attached hydrogens (tertiary/aromatic N) is 1. The van der Waals surface area contributed by atoms with Crippen LogP contribution in [0, 0.1) is 10.1 Å². The van der Waals surface area contributed by atoms with Crippen LogP contribution in [0.3, 0.4) is 0 Å². The summed E-state index contributed by atoms with van der Waals surface area (Å²) < 4.78 is 5.03. The van der Waals surface area contributed by atoms with Crippen LogP contribution in [0.5, 0.6) is 5.75 Å². The molecule has 0 amide bonds. The monoisotopic (exact) mass is 211 g/mol. The Morgan fingerprint density at radius 1 is 1.60 bits per heavy atom. The number of hydrogen-bond acceptors (Lipinski definition) is 5. The summed E-state index contributed by atoms with van der Waals surface area (Å²) in [4.78, 5) is 10.0. The number of nitro benzene ring substituents is 1. The topological polar surface area (TPSA) is 90.4 Å². The molecule has 0 aliphatic carbocycles. The van der Waals surface area contributed by atoms with Gasteiger partial charge in [0.1, 0.15) is 5.75 Å². The van der Waals surface area contributed by atoms with Crippen molar-refractivity contribution in [1.82, 2.24) is 0 Å². The molecule has 0 bridgehead atoms. The summed E-state index contributed by atoms with van der Waals surface area (Å²) in [5.41, 5.74) is 6.04. The number of nitro groups is 1. The van der Waals surface area contributed by atoms with Crippen molar-refractivity contribution < 1.29 is 9.66 Å². The van der Waals surface area contributed by atoms with Crippen molar-refractivity contribution in [3.05, 3.63) is 28.3 Å². The van der Waals surface area contributed by atoms with E-state index >= 15 is 0 Å². The van der Waals surface area contributed by atoms with Gasteiger partial charge in [0.2, 0.25) is 0 Å². The van der Waals surface area contributed by atoms with Crippen molar-refractivity contribution in [1.29, 1.82) is 0 Å². The standard InChI is InChI=1S/C9H13N3O3/c1-15-9-6-7(12(13)14)2-3-8(9)11-5-4-10/h2-3,6,11H,4-5,10H2,1H3. The van der Waals surface area contributed by atoms with E-state index < -0.39 is 4.92 Å². The summed E-state index contributed by atoms with van der Waals surface area (Å²) in [6, 6.07) is 4.40. The molecule has 0 aliphatic rings. The Labute approximate surface area is 87.2 Å². The van der Waals surface area contributed by atoms with Crippen LogP contribution < -0.4 is 15.8 Å². The van der Waals surface area contributed by atoms with E-state index in [0.29, 0.717) is 24.5 Å². The van der Waals surface area contributed by atoms with E-state index in [4.69, 9.17) is 10.5 Å². The Hall–Kier alpha value is -1.82.